The van der Waals surface area contributed by atoms with Crippen LogP contribution >= 0.6 is 0 Å². The summed E-state index contributed by atoms with van der Waals surface area (Å²) in [4.78, 5) is 0. The van der Waals surface area contributed by atoms with Gasteiger partial charge in [-0.25, -0.2) is 0 Å². The van der Waals surface area contributed by atoms with Crippen molar-refractivity contribution in [3.05, 3.63) is 0 Å². The van der Waals surface area contributed by atoms with Gasteiger partial charge in [0.15, 0.2) is 9.04 Å². The van der Waals surface area contributed by atoms with Crippen LogP contribution in [-0.2, 0) is 9.16 Å². The molecule has 1 fully saturated rings. The third-order valence-electron chi connectivity index (χ3n) is 3.57. The first kappa shape index (κ1) is 15.2. The molecule has 3 heteroatoms. The van der Waals surface area contributed by atoms with Crippen molar-refractivity contribution in [1.29, 1.82) is 0 Å². The van der Waals surface area contributed by atoms with E-state index in [4.69, 9.17) is 9.16 Å². The zero-order valence-corrected chi connectivity index (χ0v) is 13.4. The zero-order chi connectivity index (χ0) is 12.9. The molecule has 0 aromatic rings. The first-order valence-electron chi connectivity index (χ1n) is 7.13. The highest BCUT2D eigenvalue weighted by Crippen LogP contribution is 2.36. The van der Waals surface area contributed by atoms with Crippen LogP contribution in [0.2, 0.25) is 13.1 Å². The van der Waals surface area contributed by atoms with Crippen LogP contribution in [0.15, 0.2) is 0 Å². The third-order valence-corrected chi connectivity index (χ3v) is 4.48. The van der Waals surface area contributed by atoms with Gasteiger partial charge >= 0.3 is 0 Å². The maximum absolute atomic E-state index is 5.72. The number of rotatable bonds is 8. The average molecular weight is 258 g/mol. The second kappa shape index (κ2) is 6.91. The van der Waals surface area contributed by atoms with Crippen LogP contribution < -0.4 is 0 Å². The van der Waals surface area contributed by atoms with Gasteiger partial charge in [-0.2, -0.15) is 0 Å². The lowest BCUT2D eigenvalue weighted by Crippen LogP contribution is -2.22. The molecule has 1 heterocycles. The summed E-state index contributed by atoms with van der Waals surface area (Å²) in [6, 6.07) is 0. The Morgan fingerprint density at radius 1 is 1.29 bits per heavy atom. The van der Waals surface area contributed by atoms with E-state index in [0.29, 0.717) is 11.5 Å². The van der Waals surface area contributed by atoms with Crippen LogP contribution in [0.3, 0.4) is 0 Å². The molecule has 1 saturated heterocycles. The molecule has 0 N–H and O–H groups in total. The van der Waals surface area contributed by atoms with E-state index in [-0.39, 0.29) is 0 Å². The SMILES string of the molecule is C[SiH](C)OCCCCC(CC1CO1)C(C)(C)C. The number of epoxide rings is 1. The van der Waals surface area contributed by atoms with Crippen molar-refractivity contribution < 1.29 is 9.16 Å². The number of ether oxygens (including phenoxy) is 1. The van der Waals surface area contributed by atoms with E-state index in [1.165, 1.54) is 25.7 Å². The predicted octanol–water partition coefficient (Wildman–Crippen LogP) is 3.61. The van der Waals surface area contributed by atoms with Crippen molar-refractivity contribution in [2.45, 2.75) is 65.7 Å². The van der Waals surface area contributed by atoms with Crippen LogP contribution in [0.1, 0.15) is 46.5 Å². The topological polar surface area (TPSA) is 21.8 Å². The molecule has 2 nitrogen and oxygen atoms in total. The zero-order valence-electron chi connectivity index (χ0n) is 12.3. The minimum Gasteiger partial charge on any atom is -0.421 e. The Labute approximate surface area is 109 Å². The molecule has 2 unspecified atom stereocenters. The molecule has 0 radical (unpaired) electrons. The Morgan fingerprint density at radius 2 is 1.94 bits per heavy atom. The van der Waals surface area contributed by atoms with Gasteiger partial charge in [-0.1, -0.05) is 27.2 Å². The van der Waals surface area contributed by atoms with Crippen LogP contribution in [0.5, 0.6) is 0 Å². The van der Waals surface area contributed by atoms with Crippen molar-refractivity contribution in [1.82, 2.24) is 0 Å². The molecule has 17 heavy (non-hydrogen) atoms. The van der Waals surface area contributed by atoms with Crippen molar-refractivity contribution in [3.8, 4) is 0 Å². The first-order chi connectivity index (χ1) is 7.89. The van der Waals surface area contributed by atoms with E-state index in [1.807, 2.05) is 0 Å². The molecule has 1 rings (SSSR count). The average Bonchev–Trinajstić information content (AvgIpc) is 2.97. The molecule has 0 aromatic carbocycles. The van der Waals surface area contributed by atoms with Gasteiger partial charge in [0, 0.05) is 6.61 Å². The van der Waals surface area contributed by atoms with Crippen LogP contribution in [0.4, 0.5) is 0 Å². The predicted molar refractivity (Wildman–Crippen MR) is 76.0 cm³/mol. The molecule has 0 aromatic heterocycles. The summed E-state index contributed by atoms with van der Waals surface area (Å²) in [7, 11) is -0.805. The number of unbranched alkanes of at least 4 members (excludes halogenated alkanes) is 1. The lowest BCUT2D eigenvalue weighted by atomic mass is 9.75. The second-order valence-corrected chi connectivity index (χ2v) is 9.10. The lowest BCUT2D eigenvalue weighted by Gasteiger charge is -2.30. The summed E-state index contributed by atoms with van der Waals surface area (Å²) in [6.45, 7) is 13.5. The molecule has 2 atom stereocenters. The maximum atomic E-state index is 5.72. The third kappa shape index (κ3) is 7.22. The molecule has 0 aliphatic carbocycles. The molecule has 0 amide bonds. The van der Waals surface area contributed by atoms with Gasteiger partial charge in [0.2, 0.25) is 0 Å². The highest BCUT2D eigenvalue weighted by atomic mass is 28.3. The summed E-state index contributed by atoms with van der Waals surface area (Å²) in [5.41, 5.74) is 0.416. The molecule has 0 bridgehead atoms. The van der Waals surface area contributed by atoms with Gasteiger partial charge in [0.1, 0.15) is 0 Å². The molecule has 0 spiro atoms. The molecule has 1 aliphatic heterocycles. The van der Waals surface area contributed by atoms with E-state index >= 15 is 0 Å². The maximum Gasteiger partial charge on any atom is 0.170 e. The summed E-state index contributed by atoms with van der Waals surface area (Å²) in [5.74, 6) is 0.797. The Hall–Kier alpha value is 0.137. The van der Waals surface area contributed by atoms with Gasteiger partial charge < -0.3 is 9.16 Å². The summed E-state index contributed by atoms with van der Waals surface area (Å²) < 4.78 is 11.1. The van der Waals surface area contributed by atoms with Gasteiger partial charge in [-0.3, -0.25) is 0 Å². The Kier molecular flexibility index (Phi) is 6.17. The van der Waals surface area contributed by atoms with Crippen LogP contribution in [-0.4, -0.2) is 28.4 Å². The molecular weight excluding hydrogens is 228 g/mol. The summed E-state index contributed by atoms with van der Waals surface area (Å²) in [6.07, 6.45) is 5.67. The minimum absolute atomic E-state index is 0.416. The van der Waals surface area contributed by atoms with E-state index in [2.05, 4.69) is 33.9 Å². The van der Waals surface area contributed by atoms with Crippen molar-refractivity contribution >= 4 is 9.04 Å². The van der Waals surface area contributed by atoms with Gasteiger partial charge in [-0.05, 0) is 43.7 Å². The Morgan fingerprint density at radius 3 is 2.41 bits per heavy atom. The smallest absolute Gasteiger partial charge is 0.170 e. The summed E-state index contributed by atoms with van der Waals surface area (Å²) in [5, 5.41) is 0. The first-order valence-corrected chi connectivity index (χ1v) is 9.91. The van der Waals surface area contributed by atoms with Crippen LogP contribution in [0, 0.1) is 11.3 Å². The quantitative estimate of drug-likeness (QED) is 0.377. The molecule has 102 valence electrons. The van der Waals surface area contributed by atoms with E-state index in [1.54, 1.807) is 0 Å². The fourth-order valence-corrected chi connectivity index (χ4v) is 2.88. The monoisotopic (exact) mass is 258 g/mol. The van der Waals surface area contributed by atoms with Gasteiger partial charge in [-0.15, -0.1) is 0 Å². The van der Waals surface area contributed by atoms with Crippen molar-refractivity contribution in [2.24, 2.45) is 11.3 Å². The fraction of sp³-hybridized carbons (Fsp3) is 1.00. The van der Waals surface area contributed by atoms with E-state index < -0.39 is 9.04 Å². The highest BCUT2D eigenvalue weighted by Gasteiger charge is 2.32. The number of hydrogen-bond donors (Lipinski definition) is 0. The van der Waals surface area contributed by atoms with Gasteiger partial charge in [0.25, 0.3) is 0 Å². The fourth-order valence-electron chi connectivity index (χ4n) is 2.24. The second-order valence-electron chi connectivity index (χ2n) is 6.67. The van der Waals surface area contributed by atoms with E-state index in [0.717, 1.165) is 19.1 Å². The highest BCUT2D eigenvalue weighted by molar-refractivity contribution is 6.48. The summed E-state index contributed by atoms with van der Waals surface area (Å²) >= 11 is 0. The Balaban J connectivity index is 2.15. The van der Waals surface area contributed by atoms with Crippen molar-refractivity contribution in [2.75, 3.05) is 13.2 Å². The lowest BCUT2D eigenvalue weighted by molar-refractivity contribution is 0.184. The number of hydrogen-bond acceptors (Lipinski definition) is 2. The molecular formula is C14H30O2Si. The molecule has 1 aliphatic rings. The normalized spacial score (nSPS) is 21.9. The van der Waals surface area contributed by atoms with E-state index in [9.17, 15) is 0 Å². The Bertz CT molecular complexity index is 207. The standard InChI is InChI=1S/C14H30O2Si/c1-14(2,3)12(10-13-11-15-13)8-6-7-9-16-17(4)5/h12-13,17H,6-11H2,1-5H3. The van der Waals surface area contributed by atoms with Gasteiger partial charge in [0.05, 0.1) is 12.7 Å². The minimum atomic E-state index is -0.805. The van der Waals surface area contributed by atoms with Crippen molar-refractivity contribution in [3.63, 3.8) is 0 Å². The van der Waals surface area contributed by atoms with Crippen LogP contribution in [0.25, 0.3) is 0 Å². The molecule has 0 saturated carbocycles. The largest absolute Gasteiger partial charge is 0.421 e.